The Bertz CT molecular complexity index is 280. The SMILES string of the molecule is CCCCCCCCCCCCCC(O)C(O)CCCCCCCCCCC. The van der Waals surface area contributed by atoms with Crippen LogP contribution in [0.3, 0.4) is 0 Å². The van der Waals surface area contributed by atoms with E-state index in [9.17, 15) is 10.2 Å². The third-order valence-corrected chi connectivity index (χ3v) is 6.15. The van der Waals surface area contributed by atoms with Gasteiger partial charge in [-0.2, -0.15) is 0 Å². The van der Waals surface area contributed by atoms with Gasteiger partial charge in [0, 0.05) is 0 Å². The number of unbranched alkanes of at least 4 members (excludes halogenated alkanes) is 18. The van der Waals surface area contributed by atoms with E-state index < -0.39 is 12.2 Å². The number of hydrogen-bond donors (Lipinski definition) is 2. The average Bonchev–Trinajstić information content (AvgIpc) is 2.70. The molecule has 0 aromatic rings. The molecule has 0 saturated heterocycles. The first-order valence-corrected chi connectivity index (χ1v) is 13.1. The summed E-state index contributed by atoms with van der Waals surface area (Å²) in [5, 5.41) is 20.3. The molecule has 0 aliphatic carbocycles. The topological polar surface area (TPSA) is 40.5 Å². The van der Waals surface area contributed by atoms with E-state index >= 15 is 0 Å². The van der Waals surface area contributed by atoms with Crippen LogP contribution in [0, 0.1) is 0 Å². The van der Waals surface area contributed by atoms with Gasteiger partial charge in [-0.1, -0.05) is 142 Å². The van der Waals surface area contributed by atoms with Crippen molar-refractivity contribution in [2.75, 3.05) is 0 Å². The van der Waals surface area contributed by atoms with Crippen molar-refractivity contribution in [3.05, 3.63) is 0 Å². The third kappa shape index (κ3) is 20.6. The Morgan fingerprint density at radius 3 is 0.821 bits per heavy atom. The fourth-order valence-corrected chi connectivity index (χ4v) is 4.07. The second-order valence-corrected chi connectivity index (χ2v) is 9.08. The maximum atomic E-state index is 10.1. The third-order valence-electron chi connectivity index (χ3n) is 6.15. The van der Waals surface area contributed by atoms with Crippen molar-refractivity contribution in [1.29, 1.82) is 0 Å². The van der Waals surface area contributed by atoms with Crippen LogP contribution in [0.2, 0.25) is 0 Å². The Kier molecular flexibility index (Phi) is 23.1. The van der Waals surface area contributed by atoms with E-state index in [-0.39, 0.29) is 0 Å². The van der Waals surface area contributed by atoms with Crippen LogP contribution >= 0.6 is 0 Å². The highest BCUT2D eigenvalue weighted by molar-refractivity contribution is 4.67. The zero-order valence-electron chi connectivity index (χ0n) is 19.6. The zero-order valence-corrected chi connectivity index (χ0v) is 19.6. The predicted octanol–water partition coefficient (Wildman–Crippen LogP) is 8.33. The number of aliphatic hydroxyl groups is 2. The van der Waals surface area contributed by atoms with Crippen molar-refractivity contribution in [3.63, 3.8) is 0 Å². The van der Waals surface area contributed by atoms with Crippen LogP contribution in [-0.4, -0.2) is 22.4 Å². The molecule has 28 heavy (non-hydrogen) atoms. The first-order valence-electron chi connectivity index (χ1n) is 13.1. The molecule has 0 spiro atoms. The van der Waals surface area contributed by atoms with Gasteiger partial charge < -0.3 is 10.2 Å². The first kappa shape index (κ1) is 27.9. The van der Waals surface area contributed by atoms with E-state index in [1.807, 2.05) is 0 Å². The van der Waals surface area contributed by atoms with Crippen molar-refractivity contribution in [1.82, 2.24) is 0 Å². The van der Waals surface area contributed by atoms with Crippen LogP contribution in [0.4, 0.5) is 0 Å². The minimum Gasteiger partial charge on any atom is -0.390 e. The molecule has 2 nitrogen and oxygen atoms in total. The minimum atomic E-state index is -0.507. The monoisotopic (exact) mass is 398 g/mol. The fourth-order valence-electron chi connectivity index (χ4n) is 4.07. The molecule has 0 aliphatic rings. The molecule has 0 radical (unpaired) electrons. The lowest BCUT2D eigenvalue weighted by Crippen LogP contribution is -2.25. The largest absolute Gasteiger partial charge is 0.390 e. The minimum absolute atomic E-state index is 0.507. The molecule has 0 aromatic heterocycles. The van der Waals surface area contributed by atoms with Gasteiger partial charge in [0.2, 0.25) is 0 Å². The van der Waals surface area contributed by atoms with Crippen LogP contribution < -0.4 is 0 Å². The second kappa shape index (κ2) is 23.2. The van der Waals surface area contributed by atoms with Gasteiger partial charge in [0.05, 0.1) is 12.2 Å². The summed E-state index contributed by atoms with van der Waals surface area (Å²) < 4.78 is 0. The summed E-state index contributed by atoms with van der Waals surface area (Å²) in [7, 11) is 0. The Balaban J connectivity index is 3.30. The molecule has 2 heteroatoms. The van der Waals surface area contributed by atoms with E-state index in [1.165, 1.54) is 116 Å². The van der Waals surface area contributed by atoms with E-state index in [0.717, 1.165) is 25.7 Å². The molecule has 0 bridgehead atoms. The summed E-state index contributed by atoms with van der Waals surface area (Å²) in [6.45, 7) is 4.53. The molecule has 0 aliphatic heterocycles. The summed E-state index contributed by atoms with van der Waals surface area (Å²) >= 11 is 0. The fraction of sp³-hybridized carbons (Fsp3) is 1.00. The molecule has 0 rings (SSSR count). The lowest BCUT2D eigenvalue weighted by atomic mass is 9.99. The quantitative estimate of drug-likeness (QED) is 0.170. The van der Waals surface area contributed by atoms with Crippen LogP contribution in [0.15, 0.2) is 0 Å². The molecule has 170 valence electrons. The van der Waals surface area contributed by atoms with Crippen molar-refractivity contribution < 1.29 is 10.2 Å². The van der Waals surface area contributed by atoms with Crippen LogP contribution in [0.1, 0.15) is 155 Å². The lowest BCUT2D eigenvalue weighted by molar-refractivity contribution is 0.00711. The summed E-state index contributed by atoms with van der Waals surface area (Å²) in [4.78, 5) is 0. The molecular weight excluding hydrogens is 344 g/mol. The summed E-state index contributed by atoms with van der Waals surface area (Å²) in [6, 6.07) is 0. The molecule has 0 heterocycles. The molecule has 2 unspecified atom stereocenters. The van der Waals surface area contributed by atoms with E-state index in [2.05, 4.69) is 13.8 Å². The number of hydrogen-bond acceptors (Lipinski definition) is 2. The van der Waals surface area contributed by atoms with Crippen molar-refractivity contribution in [3.8, 4) is 0 Å². The molecule has 0 fully saturated rings. The number of aliphatic hydroxyl groups excluding tert-OH is 2. The zero-order chi connectivity index (χ0) is 20.7. The highest BCUT2D eigenvalue weighted by Gasteiger charge is 2.15. The average molecular weight is 399 g/mol. The van der Waals surface area contributed by atoms with Crippen LogP contribution in [0.25, 0.3) is 0 Å². The van der Waals surface area contributed by atoms with Gasteiger partial charge in [-0.05, 0) is 12.8 Å². The van der Waals surface area contributed by atoms with E-state index in [1.54, 1.807) is 0 Å². The van der Waals surface area contributed by atoms with Crippen LogP contribution in [-0.2, 0) is 0 Å². The summed E-state index contributed by atoms with van der Waals surface area (Å²) in [5.74, 6) is 0. The smallest absolute Gasteiger partial charge is 0.0799 e. The standard InChI is InChI=1S/C26H54O2/c1-3-5-7-9-11-13-14-16-18-20-22-24-26(28)25(27)23-21-19-17-15-12-10-8-6-4-2/h25-28H,3-24H2,1-2H3. The van der Waals surface area contributed by atoms with Gasteiger partial charge in [-0.25, -0.2) is 0 Å². The highest BCUT2D eigenvalue weighted by atomic mass is 16.3. The molecule has 2 atom stereocenters. The van der Waals surface area contributed by atoms with Crippen LogP contribution in [0.5, 0.6) is 0 Å². The normalized spacial score (nSPS) is 13.7. The Labute approximate surface area is 177 Å². The summed E-state index contributed by atoms with van der Waals surface area (Å²) in [6.07, 6.45) is 26.9. The second-order valence-electron chi connectivity index (χ2n) is 9.08. The Morgan fingerprint density at radius 2 is 0.571 bits per heavy atom. The van der Waals surface area contributed by atoms with Gasteiger partial charge in [0.25, 0.3) is 0 Å². The maximum absolute atomic E-state index is 10.1. The van der Waals surface area contributed by atoms with Crippen molar-refractivity contribution >= 4 is 0 Å². The van der Waals surface area contributed by atoms with Gasteiger partial charge in [-0.15, -0.1) is 0 Å². The first-order chi connectivity index (χ1) is 13.7. The van der Waals surface area contributed by atoms with Gasteiger partial charge >= 0.3 is 0 Å². The predicted molar refractivity (Wildman–Crippen MR) is 125 cm³/mol. The molecule has 0 aromatic carbocycles. The van der Waals surface area contributed by atoms with Crippen molar-refractivity contribution in [2.24, 2.45) is 0 Å². The van der Waals surface area contributed by atoms with E-state index in [0.29, 0.717) is 0 Å². The van der Waals surface area contributed by atoms with E-state index in [4.69, 9.17) is 0 Å². The van der Waals surface area contributed by atoms with Gasteiger partial charge in [0.15, 0.2) is 0 Å². The molecular formula is C26H54O2. The van der Waals surface area contributed by atoms with Crippen molar-refractivity contribution in [2.45, 2.75) is 167 Å². The highest BCUT2D eigenvalue weighted by Crippen LogP contribution is 2.16. The van der Waals surface area contributed by atoms with Gasteiger partial charge in [-0.3, -0.25) is 0 Å². The molecule has 0 saturated carbocycles. The number of rotatable bonds is 23. The lowest BCUT2D eigenvalue weighted by Gasteiger charge is -2.17. The summed E-state index contributed by atoms with van der Waals surface area (Å²) in [5.41, 5.74) is 0. The Hall–Kier alpha value is -0.0800. The van der Waals surface area contributed by atoms with Gasteiger partial charge in [0.1, 0.15) is 0 Å². The molecule has 0 amide bonds. The molecule has 2 N–H and O–H groups in total. The Morgan fingerprint density at radius 1 is 0.357 bits per heavy atom. The maximum Gasteiger partial charge on any atom is 0.0799 e.